The molecule has 0 N–H and O–H groups in total. The topological polar surface area (TPSA) is 43.4 Å². The zero-order chi connectivity index (χ0) is 5.28. The third-order valence-corrected chi connectivity index (χ3v) is 0.761. The van der Waals surface area contributed by atoms with Crippen molar-refractivity contribution in [2.24, 2.45) is 0 Å². The first kappa shape index (κ1) is 22.6. The van der Waals surface area contributed by atoms with Crippen LogP contribution in [0.1, 0.15) is 12.8 Å². The van der Waals surface area contributed by atoms with Crippen LogP contribution in [0.5, 0.6) is 0 Å². The maximum atomic E-state index is 10.0. The van der Waals surface area contributed by atoms with E-state index in [1.165, 1.54) is 0 Å². The van der Waals surface area contributed by atoms with Crippen molar-refractivity contribution in [1.29, 1.82) is 0 Å². The van der Waals surface area contributed by atoms with Gasteiger partial charge in [0.25, 0.3) is 0 Å². The van der Waals surface area contributed by atoms with Crippen LogP contribution < -0.4 is 37.2 Å². The van der Waals surface area contributed by atoms with Crippen LogP contribution in [0.4, 0.5) is 0 Å². The zero-order valence-electron chi connectivity index (χ0n) is 5.35. The van der Waals surface area contributed by atoms with Crippen LogP contribution in [0.15, 0.2) is 0 Å². The molecule has 0 atom stereocenters. The minimum Gasteiger partial charge on any atom is -1.00 e. The van der Waals surface area contributed by atoms with E-state index in [-0.39, 0.29) is 67.4 Å². The van der Waals surface area contributed by atoms with Gasteiger partial charge in [-0.25, -0.2) is 0 Å². The second-order valence-corrected chi connectivity index (χ2v) is 1.35. The average Bonchev–Trinajstić information content (AvgIpc) is 1.87. The van der Waals surface area contributed by atoms with E-state index in [1.54, 1.807) is 0 Å². The molecule has 0 aromatic heterocycles. The molecule has 1 saturated heterocycles. The Kier molecular flexibility index (Phi) is 21.6. The molecule has 0 aromatic carbocycles. The molecule has 7 heteroatoms. The van der Waals surface area contributed by atoms with E-state index in [0.717, 1.165) is 0 Å². The fourth-order valence-electron chi connectivity index (χ4n) is 0.433. The van der Waals surface area contributed by atoms with E-state index in [4.69, 9.17) is 0 Å². The van der Waals surface area contributed by atoms with Crippen molar-refractivity contribution in [3.63, 3.8) is 0 Å². The quantitative estimate of drug-likeness (QED) is 0.237. The van der Waals surface area contributed by atoms with Gasteiger partial charge in [0.05, 0.1) is 12.8 Å². The zero-order valence-corrected chi connectivity index (χ0v) is 8.77. The van der Waals surface area contributed by atoms with Crippen LogP contribution in [-0.4, -0.2) is 29.3 Å². The summed E-state index contributed by atoms with van der Waals surface area (Å²) in [7, 11) is 0. The van der Waals surface area contributed by atoms with Gasteiger partial charge in [0.2, 0.25) is 0 Å². The first-order valence-electron chi connectivity index (χ1n) is 2.02. The van der Waals surface area contributed by atoms with Gasteiger partial charge in [-0.1, -0.05) is 0 Å². The fourth-order valence-corrected chi connectivity index (χ4v) is 0.433. The van der Waals surface area contributed by atoms with Crippen molar-refractivity contribution in [3.05, 3.63) is 0 Å². The molecule has 0 radical (unpaired) electrons. The molecular weight excluding hydrogens is 229 g/mol. The molecule has 0 aromatic rings. The van der Waals surface area contributed by atoms with Crippen LogP contribution in [0, 0.1) is 0 Å². The smallest absolute Gasteiger partial charge is 1.00 e. The van der Waals surface area contributed by atoms with Gasteiger partial charge in [-0.2, -0.15) is 0 Å². The van der Waals surface area contributed by atoms with Gasteiger partial charge in [-0.15, -0.1) is 0 Å². The Morgan fingerprint density at radius 3 is 1.27 bits per heavy atom. The van der Waals surface area contributed by atoms with E-state index in [9.17, 15) is 9.59 Å². The second kappa shape index (κ2) is 10.5. The largest absolute Gasteiger partial charge is 3.00 e. The van der Waals surface area contributed by atoms with Crippen molar-refractivity contribution in [3.8, 4) is 0 Å². The third kappa shape index (κ3) is 8.45. The number of hydrogen-bond acceptors (Lipinski definition) is 3. The van der Waals surface area contributed by atoms with Crippen molar-refractivity contribution < 1.29 is 51.5 Å². The predicted molar refractivity (Wildman–Crippen MR) is 26.1 cm³/mol. The first-order valence-corrected chi connectivity index (χ1v) is 2.02. The molecule has 0 bridgehead atoms. The van der Waals surface area contributed by atoms with Gasteiger partial charge in [0.15, 0.2) is 0 Å². The Hall–Kier alpha value is 0.542. The molecular formula is C4H4AlCl3O3. The van der Waals surface area contributed by atoms with Crippen LogP contribution >= 0.6 is 0 Å². The summed E-state index contributed by atoms with van der Waals surface area (Å²) >= 11 is 0. The second-order valence-electron chi connectivity index (χ2n) is 1.35. The molecule has 0 aliphatic carbocycles. The molecule has 1 aliphatic heterocycles. The molecule has 1 fully saturated rings. The average molecular weight is 233 g/mol. The van der Waals surface area contributed by atoms with E-state index < -0.39 is 11.9 Å². The van der Waals surface area contributed by atoms with Gasteiger partial charge in [0.1, 0.15) is 0 Å². The fraction of sp³-hybridized carbons (Fsp3) is 0.500. The van der Waals surface area contributed by atoms with E-state index in [2.05, 4.69) is 4.74 Å². The van der Waals surface area contributed by atoms with Crippen molar-refractivity contribution in [2.45, 2.75) is 12.8 Å². The van der Waals surface area contributed by atoms with Crippen molar-refractivity contribution in [2.75, 3.05) is 0 Å². The number of ether oxygens (including phenoxy) is 1. The number of carbonyl (C=O) groups excluding carboxylic acids is 2. The monoisotopic (exact) mass is 232 g/mol. The number of halogens is 3. The van der Waals surface area contributed by atoms with Crippen LogP contribution in [-0.2, 0) is 14.3 Å². The molecule has 1 heterocycles. The number of carbonyl (C=O) groups is 2. The molecule has 62 valence electrons. The predicted octanol–water partition coefficient (Wildman–Crippen LogP) is -9.52. The van der Waals surface area contributed by atoms with Gasteiger partial charge in [0, 0.05) is 0 Å². The summed E-state index contributed by atoms with van der Waals surface area (Å²) in [5.41, 5.74) is 0. The van der Waals surface area contributed by atoms with Crippen molar-refractivity contribution >= 4 is 29.3 Å². The van der Waals surface area contributed by atoms with Crippen LogP contribution in [0.2, 0.25) is 0 Å². The summed E-state index contributed by atoms with van der Waals surface area (Å²) in [6.45, 7) is 0. The van der Waals surface area contributed by atoms with Crippen molar-refractivity contribution in [1.82, 2.24) is 0 Å². The number of rotatable bonds is 0. The molecule has 0 saturated carbocycles. The minimum atomic E-state index is -0.398. The van der Waals surface area contributed by atoms with Gasteiger partial charge in [-0.3, -0.25) is 9.59 Å². The summed E-state index contributed by atoms with van der Waals surface area (Å²) in [4.78, 5) is 20.0. The Bertz CT molecular complexity index is 116. The summed E-state index contributed by atoms with van der Waals surface area (Å²) in [6.07, 6.45) is 0.525. The van der Waals surface area contributed by atoms with Gasteiger partial charge >= 0.3 is 29.3 Å². The Morgan fingerprint density at radius 2 is 1.18 bits per heavy atom. The summed E-state index contributed by atoms with van der Waals surface area (Å²) in [6, 6.07) is 0. The maximum Gasteiger partial charge on any atom is 3.00 e. The molecule has 1 aliphatic rings. The van der Waals surface area contributed by atoms with Crippen LogP contribution in [0.25, 0.3) is 0 Å². The number of esters is 2. The molecule has 0 amide bonds. The van der Waals surface area contributed by atoms with E-state index >= 15 is 0 Å². The summed E-state index contributed by atoms with van der Waals surface area (Å²) in [5, 5.41) is 0. The van der Waals surface area contributed by atoms with Gasteiger partial charge < -0.3 is 42.0 Å². The summed E-state index contributed by atoms with van der Waals surface area (Å²) < 4.78 is 4.08. The Labute approximate surface area is 93.6 Å². The number of hydrogen-bond donors (Lipinski definition) is 0. The van der Waals surface area contributed by atoms with E-state index in [1.807, 2.05) is 0 Å². The molecule has 11 heavy (non-hydrogen) atoms. The van der Waals surface area contributed by atoms with E-state index in [0.29, 0.717) is 0 Å². The Morgan fingerprint density at radius 1 is 0.909 bits per heavy atom. The maximum absolute atomic E-state index is 10.0. The van der Waals surface area contributed by atoms with Crippen LogP contribution in [0.3, 0.4) is 0 Å². The molecule has 1 rings (SSSR count). The third-order valence-electron chi connectivity index (χ3n) is 0.761. The Balaban J connectivity index is -0.0000000612. The SMILES string of the molecule is O=C1CCC(=O)O1.[Al+3].[Cl-].[Cl-].[Cl-]. The molecule has 0 spiro atoms. The summed E-state index contributed by atoms with van der Waals surface area (Å²) in [5.74, 6) is -0.796. The molecule has 0 unspecified atom stereocenters. The first-order chi connectivity index (χ1) is 3.29. The minimum absolute atomic E-state index is 0. The standard InChI is InChI=1S/C4H4O3.Al.3ClH/c5-3-1-2-4(6)7-3;;;;/h1-2H2;;3*1H/q;+3;;;/p-3. The van der Waals surface area contributed by atoms with Gasteiger partial charge in [-0.05, 0) is 0 Å². The number of cyclic esters (lactones) is 2. The molecule has 3 nitrogen and oxygen atoms in total. The normalized spacial score (nSPS) is 12.7.